The standard InChI is InChI=1S/C21H19Br2N3O2/c1-13-8-17(26-6-2-3-7-26)5-4-14(13)12-24-25-21(27)19-10-15-9-16(22)11-18(23)20(15)28-19/h4-5,8-12H,2-3,6-7H2,1H3,(H,25,27)/b24-12-. The lowest BCUT2D eigenvalue weighted by Gasteiger charge is -2.18. The second kappa shape index (κ2) is 8.09. The first-order valence-corrected chi connectivity index (χ1v) is 10.7. The van der Waals surface area contributed by atoms with Crippen molar-refractivity contribution in [3.8, 4) is 0 Å². The SMILES string of the molecule is Cc1cc(N2CCCC2)ccc1/C=N\NC(=O)c1cc2cc(Br)cc(Br)c2o1. The summed E-state index contributed by atoms with van der Waals surface area (Å²) in [6.07, 6.45) is 4.17. The lowest BCUT2D eigenvalue weighted by Crippen LogP contribution is -2.18. The molecule has 28 heavy (non-hydrogen) atoms. The van der Waals surface area contributed by atoms with Crippen LogP contribution < -0.4 is 10.3 Å². The average molecular weight is 505 g/mol. The van der Waals surface area contributed by atoms with Crippen LogP contribution in [0.4, 0.5) is 5.69 Å². The molecule has 0 saturated carbocycles. The molecule has 1 aliphatic rings. The van der Waals surface area contributed by atoms with Crippen LogP contribution in [-0.4, -0.2) is 25.2 Å². The second-order valence-electron chi connectivity index (χ2n) is 6.85. The largest absolute Gasteiger partial charge is 0.450 e. The number of carbonyl (C=O) groups excluding carboxylic acids is 1. The fourth-order valence-corrected chi connectivity index (χ4v) is 4.72. The van der Waals surface area contributed by atoms with Gasteiger partial charge in [-0.1, -0.05) is 22.0 Å². The average Bonchev–Trinajstić information content (AvgIpc) is 3.32. The fraction of sp³-hybridized carbons (Fsp3) is 0.238. The van der Waals surface area contributed by atoms with Crippen LogP contribution in [0, 0.1) is 6.92 Å². The van der Waals surface area contributed by atoms with Gasteiger partial charge < -0.3 is 9.32 Å². The predicted octanol–water partition coefficient (Wildman–Crippen LogP) is 5.63. The molecule has 144 valence electrons. The maximum atomic E-state index is 12.4. The van der Waals surface area contributed by atoms with Crippen LogP contribution in [0.1, 0.15) is 34.5 Å². The molecular formula is C21H19Br2N3O2. The molecule has 2 aromatic carbocycles. The molecule has 0 radical (unpaired) electrons. The highest BCUT2D eigenvalue weighted by atomic mass is 79.9. The number of aryl methyl sites for hydroxylation is 1. The Balaban J connectivity index is 1.46. The third-order valence-electron chi connectivity index (χ3n) is 4.85. The molecule has 0 unspecified atom stereocenters. The summed E-state index contributed by atoms with van der Waals surface area (Å²) in [5.41, 5.74) is 6.51. The van der Waals surface area contributed by atoms with Crippen molar-refractivity contribution in [2.45, 2.75) is 19.8 Å². The van der Waals surface area contributed by atoms with E-state index >= 15 is 0 Å². The Morgan fingerprint density at radius 3 is 2.71 bits per heavy atom. The lowest BCUT2D eigenvalue weighted by atomic mass is 10.1. The maximum absolute atomic E-state index is 12.4. The zero-order valence-corrected chi connectivity index (χ0v) is 18.5. The molecule has 3 aromatic rings. The Morgan fingerprint density at radius 1 is 1.18 bits per heavy atom. The van der Waals surface area contributed by atoms with Gasteiger partial charge in [-0.25, -0.2) is 5.43 Å². The number of fused-ring (bicyclic) bond motifs is 1. The fourth-order valence-electron chi connectivity index (χ4n) is 3.38. The molecule has 4 rings (SSSR count). The van der Waals surface area contributed by atoms with Crippen molar-refractivity contribution < 1.29 is 9.21 Å². The van der Waals surface area contributed by atoms with Gasteiger partial charge in [0.1, 0.15) is 5.58 Å². The zero-order valence-electron chi connectivity index (χ0n) is 15.3. The van der Waals surface area contributed by atoms with E-state index < -0.39 is 0 Å². The van der Waals surface area contributed by atoms with E-state index in [1.54, 1.807) is 12.3 Å². The van der Waals surface area contributed by atoms with Gasteiger partial charge in [-0.05, 0) is 77.2 Å². The monoisotopic (exact) mass is 503 g/mol. The van der Waals surface area contributed by atoms with E-state index in [9.17, 15) is 4.79 Å². The van der Waals surface area contributed by atoms with E-state index in [2.05, 4.69) is 66.3 Å². The Hall–Kier alpha value is -2.12. The number of rotatable bonds is 4. The third kappa shape index (κ3) is 4.00. The quantitative estimate of drug-likeness (QED) is 0.370. The molecule has 7 heteroatoms. The Kier molecular flexibility index (Phi) is 5.55. The smallest absolute Gasteiger partial charge is 0.307 e. The van der Waals surface area contributed by atoms with Crippen LogP contribution in [0.2, 0.25) is 0 Å². The molecule has 0 bridgehead atoms. The van der Waals surface area contributed by atoms with Crippen molar-refractivity contribution in [3.63, 3.8) is 0 Å². The van der Waals surface area contributed by atoms with Crippen molar-refractivity contribution >= 4 is 60.6 Å². The van der Waals surface area contributed by atoms with Crippen LogP contribution >= 0.6 is 31.9 Å². The number of anilines is 1. The van der Waals surface area contributed by atoms with Gasteiger partial charge in [0.15, 0.2) is 5.76 Å². The molecule has 2 heterocycles. The highest BCUT2D eigenvalue weighted by molar-refractivity contribution is 9.11. The molecule has 1 aromatic heterocycles. The Labute approximate surface area is 180 Å². The van der Waals surface area contributed by atoms with E-state index in [0.717, 1.165) is 38.5 Å². The molecule has 1 aliphatic heterocycles. The second-order valence-corrected chi connectivity index (χ2v) is 8.62. The number of furan rings is 1. The molecule has 1 N–H and O–H groups in total. The van der Waals surface area contributed by atoms with E-state index in [4.69, 9.17) is 4.42 Å². The molecule has 0 atom stereocenters. The summed E-state index contributed by atoms with van der Waals surface area (Å²) >= 11 is 6.87. The molecule has 1 amide bonds. The normalized spacial score (nSPS) is 14.3. The van der Waals surface area contributed by atoms with Crippen LogP contribution in [0.5, 0.6) is 0 Å². The van der Waals surface area contributed by atoms with Gasteiger partial charge in [0.25, 0.3) is 0 Å². The molecule has 1 saturated heterocycles. The Bertz CT molecular complexity index is 1070. The summed E-state index contributed by atoms with van der Waals surface area (Å²) in [6.45, 7) is 4.29. The zero-order chi connectivity index (χ0) is 19.7. The summed E-state index contributed by atoms with van der Waals surface area (Å²) in [5, 5.41) is 4.93. The maximum Gasteiger partial charge on any atom is 0.307 e. The summed E-state index contributed by atoms with van der Waals surface area (Å²) in [4.78, 5) is 14.8. The number of nitrogens with one attached hydrogen (secondary N) is 1. The van der Waals surface area contributed by atoms with Crippen molar-refractivity contribution in [2.24, 2.45) is 5.10 Å². The summed E-state index contributed by atoms with van der Waals surface area (Å²) in [5.74, 6) is -0.172. The highest BCUT2D eigenvalue weighted by Gasteiger charge is 2.15. The molecule has 5 nitrogen and oxygen atoms in total. The van der Waals surface area contributed by atoms with Gasteiger partial charge in [-0.3, -0.25) is 4.79 Å². The van der Waals surface area contributed by atoms with E-state index in [-0.39, 0.29) is 11.7 Å². The molecule has 0 aliphatic carbocycles. The van der Waals surface area contributed by atoms with Crippen molar-refractivity contribution in [2.75, 3.05) is 18.0 Å². The van der Waals surface area contributed by atoms with Gasteiger partial charge in [-0.15, -0.1) is 0 Å². The summed E-state index contributed by atoms with van der Waals surface area (Å²) < 4.78 is 7.35. The Morgan fingerprint density at radius 2 is 1.96 bits per heavy atom. The summed E-state index contributed by atoms with van der Waals surface area (Å²) in [7, 11) is 0. The van der Waals surface area contributed by atoms with Crippen molar-refractivity contribution in [1.29, 1.82) is 0 Å². The number of halogens is 2. The molecular weight excluding hydrogens is 486 g/mol. The minimum absolute atomic E-state index is 0.215. The van der Waals surface area contributed by atoms with Gasteiger partial charge in [0.05, 0.1) is 10.7 Å². The van der Waals surface area contributed by atoms with Crippen molar-refractivity contribution in [1.82, 2.24) is 5.43 Å². The lowest BCUT2D eigenvalue weighted by molar-refractivity contribution is 0.0929. The minimum Gasteiger partial charge on any atom is -0.450 e. The number of benzene rings is 2. The van der Waals surface area contributed by atoms with E-state index in [0.29, 0.717) is 5.58 Å². The molecule has 0 spiro atoms. The number of hydrazone groups is 1. The van der Waals surface area contributed by atoms with Crippen LogP contribution in [0.15, 0.2) is 54.9 Å². The number of amides is 1. The summed E-state index contributed by atoms with van der Waals surface area (Å²) in [6, 6.07) is 11.8. The van der Waals surface area contributed by atoms with Crippen LogP contribution in [0.3, 0.4) is 0 Å². The number of carbonyl (C=O) groups is 1. The van der Waals surface area contributed by atoms with Crippen LogP contribution in [-0.2, 0) is 0 Å². The van der Waals surface area contributed by atoms with Crippen LogP contribution in [0.25, 0.3) is 11.0 Å². The highest BCUT2D eigenvalue weighted by Crippen LogP contribution is 2.31. The van der Waals surface area contributed by atoms with Gasteiger partial charge >= 0.3 is 5.91 Å². The first kappa shape index (κ1) is 19.2. The topological polar surface area (TPSA) is 57.8 Å². The number of nitrogens with zero attached hydrogens (tertiary/aromatic N) is 2. The van der Waals surface area contributed by atoms with Crippen molar-refractivity contribution in [3.05, 3.63) is 62.2 Å². The molecule has 1 fully saturated rings. The first-order chi connectivity index (χ1) is 13.5. The predicted molar refractivity (Wildman–Crippen MR) is 119 cm³/mol. The third-order valence-corrected chi connectivity index (χ3v) is 5.90. The first-order valence-electron chi connectivity index (χ1n) is 9.09. The van der Waals surface area contributed by atoms with Gasteiger partial charge in [0.2, 0.25) is 0 Å². The van der Waals surface area contributed by atoms with E-state index in [1.807, 2.05) is 18.2 Å². The number of hydrogen-bond acceptors (Lipinski definition) is 4. The van der Waals surface area contributed by atoms with E-state index in [1.165, 1.54) is 18.5 Å². The number of hydrogen-bond donors (Lipinski definition) is 1. The van der Waals surface area contributed by atoms with Gasteiger partial charge in [-0.2, -0.15) is 5.10 Å². The minimum atomic E-state index is -0.387. The van der Waals surface area contributed by atoms with Gasteiger partial charge in [0, 0.05) is 28.6 Å².